The molecular formula is C18H18N2O3S. The predicted molar refractivity (Wildman–Crippen MR) is 93.2 cm³/mol. The molecule has 1 aliphatic heterocycles. The molecule has 1 N–H and O–H groups in total. The maximum absolute atomic E-state index is 11.6. The molecule has 24 heavy (non-hydrogen) atoms. The topological polar surface area (TPSA) is 68.3 Å². The average molecular weight is 342 g/mol. The summed E-state index contributed by atoms with van der Waals surface area (Å²) in [6.45, 7) is 2.60. The number of hydrogen-bond acceptors (Lipinski definition) is 5. The van der Waals surface area contributed by atoms with Crippen LogP contribution in [0.15, 0.2) is 42.6 Å². The zero-order valence-electron chi connectivity index (χ0n) is 13.3. The average Bonchev–Trinajstić information content (AvgIpc) is 2.88. The lowest BCUT2D eigenvalue weighted by Gasteiger charge is -2.09. The maximum atomic E-state index is 11.6. The van der Waals surface area contributed by atoms with Crippen LogP contribution in [-0.4, -0.2) is 28.0 Å². The zero-order chi connectivity index (χ0) is 16.9. The summed E-state index contributed by atoms with van der Waals surface area (Å²) >= 11 is 1.05. The number of nitrogens with zero attached hydrogens (tertiary/aromatic N) is 1. The number of carbonyl (C=O) groups is 2. The molecule has 0 saturated carbocycles. The molecule has 1 aliphatic rings. The third kappa shape index (κ3) is 4.14. The van der Waals surface area contributed by atoms with Gasteiger partial charge in [0.15, 0.2) is 0 Å². The van der Waals surface area contributed by atoms with E-state index >= 15 is 0 Å². The van der Waals surface area contributed by atoms with E-state index in [4.69, 9.17) is 4.74 Å². The van der Waals surface area contributed by atoms with Gasteiger partial charge in [-0.2, -0.15) is 0 Å². The number of ether oxygens (including phenoxy) is 1. The van der Waals surface area contributed by atoms with Crippen LogP contribution in [0.4, 0.5) is 4.79 Å². The molecule has 2 aromatic rings. The van der Waals surface area contributed by atoms with E-state index in [1.54, 1.807) is 6.20 Å². The van der Waals surface area contributed by atoms with Gasteiger partial charge in [0.25, 0.3) is 5.24 Å². The molecule has 0 bridgehead atoms. The number of pyridine rings is 1. The Kier molecular flexibility index (Phi) is 5.15. The first-order chi connectivity index (χ1) is 11.6. The Morgan fingerprint density at radius 1 is 1.21 bits per heavy atom. The first-order valence-electron chi connectivity index (χ1n) is 7.75. The van der Waals surface area contributed by atoms with Crippen molar-refractivity contribution in [2.75, 3.05) is 6.61 Å². The predicted octanol–water partition coefficient (Wildman–Crippen LogP) is 2.91. The van der Waals surface area contributed by atoms with Crippen LogP contribution >= 0.6 is 11.8 Å². The molecule has 1 aromatic heterocycles. The summed E-state index contributed by atoms with van der Waals surface area (Å²) < 4.78 is 5.75. The van der Waals surface area contributed by atoms with Crippen LogP contribution < -0.4 is 10.1 Å². The number of carbonyl (C=O) groups excluding carboxylic acids is 2. The van der Waals surface area contributed by atoms with Crippen LogP contribution in [0.25, 0.3) is 0 Å². The van der Waals surface area contributed by atoms with Gasteiger partial charge >= 0.3 is 0 Å². The van der Waals surface area contributed by atoms with E-state index in [0.29, 0.717) is 13.0 Å². The first kappa shape index (κ1) is 16.5. The molecule has 0 radical (unpaired) electrons. The number of imide groups is 1. The standard InChI is InChI=1S/C18H18N2O3S/c1-12-3-2-9-19-15(12)8-10-23-14-6-4-13(5-7-14)11-16-17(21)20-18(22)24-16/h2-7,9,16H,8,10-11H2,1H3,(H,20,21,22). The fourth-order valence-electron chi connectivity index (χ4n) is 2.51. The smallest absolute Gasteiger partial charge is 0.286 e. The Bertz CT molecular complexity index is 746. The number of nitrogens with one attached hydrogen (secondary N) is 1. The third-order valence-electron chi connectivity index (χ3n) is 3.84. The zero-order valence-corrected chi connectivity index (χ0v) is 14.1. The lowest BCUT2D eigenvalue weighted by Crippen LogP contribution is -2.25. The van der Waals surface area contributed by atoms with Crippen LogP contribution in [0, 0.1) is 6.92 Å². The van der Waals surface area contributed by atoms with Crippen molar-refractivity contribution in [3.63, 3.8) is 0 Å². The summed E-state index contributed by atoms with van der Waals surface area (Å²) in [5.41, 5.74) is 3.21. The number of benzene rings is 1. The van der Waals surface area contributed by atoms with Crippen molar-refractivity contribution in [1.29, 1.82) is 0 Å². The summed E-state index contributed by atoms with van der Waals surface area (Å²) in [6.07, 6.45) is 3.09. The van der Waals surface area contributed by atoms with Crippen molar-refractivity contribution in [1.82, 2.24) is 10.3 Å². The molecule has 1 aromatic carbocycles. The van der Waals surface area contributed by atoms with Gasteiger partial charge in [-0.15, -0.1) is 0 Å². The van der Waals surface area contributed by atoms with Gasteiger partial charge in [-0.1, -0.05) is 30.0 Å². The molecule has 6 heteroatoms. The second-order valence-corrected chi connectivity index (χ2v) is 6.77. The van der Waals surface area contributed by atoms with Crippen molar-refractivity contribution >= 4 is 22.9 Å². The Morgan fingerprint density at radius 2 is 2.00 bits per heavy atom. The molecule has 2 amide bonds. The molecule has 124 valence electrons. The van der Waals surface area contributed by atoms with Crippen molar-refractivity contribution in [3.8, 4) is 5.75 Å². The van der Waals surface area contributed by atoms with Crippen LogP contribution in [-0.2, 0) is 17.6 Å². The molecule has 1 unspecified atom stereocenters. The quantitative estimate of drug-likeness (QED) is 0.874. The number of amides is 2. The van der Waals surface area contributed by atoms with Gasteiger partial charge in [-0.3, -0.25) is 19.9 Å². The number of aryl methyl sites for hydroxylation is 1. The highest BCUT2D eigenvalue weighted by molar-refractivity contribution is 8.15. The van der Waals surface area contributed by atoms with Gasteiger partial charge in [0.05, 0.1) is 11.9 Å². The maximum Gasteiger partial charge on any atom is 0.286 e. The van der Waals surface area contributed by atoms with E-state index < -0.39 is 0 Å². The molecule has 5 nitrogen and oxygen atoms in total. The van der Waals surface area contributed by atoms with E-state index in [2.05, 4.69) is 10.3 Å². The number of rotatable bonds is 6. The minimum Gasteiger partial charge on any atom is -0.493 e. The minimum absolute atomic E-state index is 0.212. The van der Waals surface area contributed by atoms with Gasteiger partial charge in [-0.05, 0) is 42.7 Å². The molecule has 0 spiro atoms. The van der Waals surface area contributed by atoms with E-state index in [1.165, 1.54) is 5.56 Å². The number of thioether (sulfide) groups is 1. The van der Waals surface area contributed by atoms with Crippen LogP contribution in [0.1, 0.15) is 16.8 Å². The molecule has 1 fully saturated rings. The normalized spacial score (nSPS) is 17.0. The fraction of sp³-hybridized carbons (Fsp3) is 0.278. The minimum atomic E-state index is -0.337. The lowest BCUT2D eigenvalue weighted by atomic mass is 10.1. The van der Waals surface area contributed by atoms with E-state index in [9.17, 15) is 9.59 Å². The Labute approximate surface area is 144 Å². The van der Waals surface area contributed by atoms with E-state index in [0.717, 1.165) is 35.2 Å². The van der Waals surface area contributed by atoms with Gasteiger partial charge in [0.1, 0.15) is 5.75 Å². The fourth-order valence-corrected chi connectivity index (χ4v) is 3.37. The SMILES string of the molecule is Cc1cccnc1CCOc1ccc(CC2SC(=O)NC2=O)cc1. The lowest BCUT2D eigenvalue weighted by molar-refractivity contribution is -0.118. The van der Waals surface area contributed by atoms with Crippen LogP contribution in [0.5, 0.6) is 5.75 Å². The van der Waals surface area contributed by atoms with Crippen molar-refractivity contribution in [3.05, 3.63) is 59.4 Å². The molecule has 3 rings (SSSR count). The van der Waals surface area contributed by atoms with Crippen molar-refractivity contribution < 1.29 is 14.3 Å². The Balaban J connectivity index is 1.50. The first-order valence-corrected chi connectivity index (χ1v) is 8.63. The molecule has 0 aliphatic carbocycles. The third-order valence-corrected chi connectivity index (χ3v) is 4.82. The monoisotopic (exact) mass is 342 g/mol. The van der Waals surface area contributed by atoms with E-state index in [-0.39, 0.29) is 16.4 Å². The Morgan fingerprint density at radius 3 is 2.67 bits per heavy atom. The summed E-state index contributed by atoms with van der Waals surface area (Å²) in [7, 11) is 0. The highest BCUT2D eigenvalue weighted by Gasteiger charge is 2.31. The number of hydrogen-bond donors (Lipinski definition) is 1. The molecule has 2 heterocycles. The summed E-state index contributed by atoms with van der Waals surface area (Å²) in [6, 6.07) is 11.6. The van der Waals surface area contributed by atoms with Crippen LogP contribution in [0.2, 0.25) is 0 Å². The second kappa shape index (κ2) is 7.49. The van der Waals surface area contributed by atoms with Gasteiger partial charge < -0.3 is 4.74 Å². The van der Waals surface area contributed by atoms with E-state index in [1.807, 2.05) is 43.3 Å². The molecular weight excluding hydrogens is 324 g/mol. The van der Waals surface area contributed by atoms with Crippen molar-refractivity contribution in [2.24, 2.45) is 0 Å². The Hall–Kier alpha value is -2.34. The van der Waals surface area contributed by atoms with Crippen LogP contribution in [0.3, 0.4) is 0 Å². The summed E-state index contributed by atoms with van der Waals surface area (Å²) in [4.78, 5) is 27.1. The van der Waals surface area contributed by atoms with Gasteiger partial charge in [-0.25, -0.2) is 0 Å². The largest absolute Gasteiger partial charge is 0.493 e. The van der Waals surface area contributed by atoms with Crippen molar-refractivity contribution in [2.45, 2.75) is 25.0 Å². The highest BCUT2D eigenvalue weighted by Crippen LogP contribution is 2.23. The second-order valence-electron chi connectivity index (χ2n) is 5.60. The molecule has 1 atom stereocenters. The number of aromatic nitrogens is 1. The van der Waals surface area contributed by atoms with Gasteiger partial charge in [0.2, 0.25) is 5.91 Å². The summed E-state index contributed by atoms with van der Waals surface area (Å²) in [5.74, 6) is 0.572. The summed E-state index contributed by atoms with van der Waals surface area (Å²) in [5, 5.41) is 1.70. The van der Waals surface area contributed by atoms with Gasteiger partial charge in [0, 0.05) is 18.3 Å². The highest BCUT2D eigenvalue weighted by atomic mass is 32.2. The molecule has 1 saturated heterocycles.